The van der Waals surface area contributed by atoms with Gasteiger partial charge >= 0.3 is 0 Å². The van der Waals surface area contributed by atoms with Crippen LogP contribution < -0.4 is 4.74 Å². The summed E-state index contributed by atoms with van der Waals surface area (Å²) in [7, 11) is 0. The van der Waals surface area contributed by atoms with E-state index in [0.717, 1.165) is 38.8 Å². The van der Waals surface area contributed by atoms with E-state index in [1.165, 1.54) is 0 Å². The van der Waals surface area contributed by atoms with Gasteiger partial charge in [-0.25, -0.2) is 14.5 Å². The predicted molar refractivity (Wildman–Crippen MR) is 138 cm³/mol. The number of Topliss-reactive ketones (excluding diaryl/α,β-unsaturated/α-hetero) is 1. The quantitative estimate of drug-likeness (QED) is 0.310. The molecule has 0 amide bonds. The minimum atomic E-state index is -0.311. The Kier molecular flexibility index (Phi) is 4.43. The monoisotopic (exact) mass is 472 g/mol. The van der Waals surface area contributed by atoms with Gasteiger partial charge in [0.15, 0.2) is 17.3 Å². The van der Waals surface area contributed by atoms with Gasteiger partial charge in [-0.15, -0.1) is 5.10 Å². The number of ether oxygens (including phenoxy) is 1. The molecule has 0 spiro atoms. The van der Waals surface area contributed by atoms with Crippen LogP contribution in [-0.2, 0) is 4.79 Å². The number of aromatic nitrogens is 4. The first-order valence-corrected chi connectivity index (χ1v) is 12.2. The van der Waals surface area contributed by atoms with Gasteiger partial charge in [-0.3, -0.25) is 4.79 Å². The molecule has 0 fully saturated rings. The molecule has 5 aromatic rings. The number of benzene rings is 3. The van der Waals surface area contributed by atoms with Crippen LogP contribution in [0.2, 0.25) is 0 Å². The Morgan fingerprint density at radius 2 is 1.72 bits per heavy atom. The number of hydrogen-bond acceptors (Lipinski definition) is 5. The Labute approximate surface area is 208 Å². The molecule has 3 aromatic carbocycles. The lowest BCUT2D eigenvalue weighted by Crippen LogP contribution is -2.33. The Morgan fingerprint density at radius 1 is 0.944 bits per heavy atom. The first-order valence-electron chi connectivity index (χ1n) is 12.2. The number of hydrogen-bond donors (Lipinski definition) is 0. The van der Waals surface area contributed by atoms with Crippen molar-refractivity contribution < 1.29 is 9.53 Å². The lowest BCUT2D eigenvalue weighted by Gasteiger charge is -2.37. The SMILES string of the molecule is CC1(C)CC(=O)C2=C(C1)Oc1ncn3nc(-c4cccc5ccccc45)nc3c1[C@H]2c1ccccc1. The van der Waals surface area contributed by atoms with Gasteiger partial charge < -0.3 is 4.74 Å². The van der Waals surface area contributed by atoms with Gasteiger partial charge in [-0.05, 0) is 21.8 Å². The number of ketones is 1. The third-order valence-electron chi connectivity index (χ3n) is 7.23. The summed E-state index contributed by atoms with van der Waals surface area (Å²) in [5, 5.41) is 7.02. The number of rotatable bonds is 2. The van der Waals surface area contributed by atoms with E-state index in [1.807, 2.05) is 42.5 Å². The average Bonchev–Trinajstić information content (AvgIpc) is 3.31. The van der Waals surface area contributed by atoms with Crippen molar-refractivity contribution in [3.8, 4) is 17.3 Å². The molecule has 2 aliphatic rings. The summed E-state index contributed by atoms with van der Waals surface area (Å²) in [6.07, 6.45) is 2.83. The van der Waals surface area contributed by atoms with E-state index < -0.39 is 0 Å². The number of carbonyl (C=O) groups is 1. The average molecular weight is 473 g/mol. The number of carbonyl (C=O) groups excluding carboxylic acids is 1. The molecule has 3 heterocycles. The Balaban J connectivity index is 1.48. The highest BCUT2D eigenvalue weighted by atomic mass is 16.5. The van der Waals surface area contributed by atoms with Crippen LogP contribution in [0.25, 0.3) is 27.8 Å². The van der Waals surface area contributed by atoms with Gasteiger partial charge in [0.2, 0.25) is 5.88 Å². The maximum Gasteiger partial charge on any atom is 0.228 e. The van der Waals surface area contributed by atoms with Crippen LogP contribution in [0.4, 0.5) is 0 Å². The van der Waals surface area contributed by atoms with Gasteiger partial charge in [-0.1, -0.05) is 86.6 Å². The largest absolute Gasteiger partial charge is 0.442 e. The van der Waals surface area contributed by atoms with Gasteiger partial charge in [0.1, 0.15) is 12.1 Å². The van der Waals surface area contributed by atoms with E-state index >= 15 is 0 Å². The van der Waals surface area contributed by atoms with Crippen LogP contribution in [0.15, 0.2) is 90.5 Å². The van der Waals surface area contributed by atoms with Crippen LogP contribution >= 0.6 is 0 Å². The highest BCUT2D eigenvalue weighted by Gasteiger charge is 2.43. The van der Waals surface area contributed by atoms with Crippen molar-refractivity contribution in [1.29, 1.82) is 0 Å². The standard InChI is InChI=1S/C30H24N4O2/c1-30(2)15-22(35)25-23(16-30)36-29-26(24(25)19-10-4-3-5-11-19)28-32-27(33-34(28)17-31-29)21-14-8-12-18-9-6-7-13-20(18)21/h3-14,17,24H,15-16H2,1-2H3/t24-/m0/s1. The fourth-order valence-corrected chi connectivity index (χ4v) is 5.66. The fourth-order valence-electron chi connectivity index (χ4n) is 5.66. The molecule has 0 unspecified atom stereocenters. The molecule has 0 bridgehead atoms. The predicted octanol–water partition coefficient (Wildman–Crippen LogP) is 6.11. The zero-order valence-corrected chi connectivity index (χ0v) is 20.1. The maximum atomic E-state index is 13.5. The second-order valence-electron chi connectivity index (χ2n) is 10.4. The fraction of sp³-hybridized carbons (Fsp3) is 0.200. The zero-order valence-electron chi connectivity index (χ0n) is 20.1. The third-order valence-corrected chi connectivity index (χ3v) is 7.23. The second-order valence-corrected chi connectivity index (χ2v) is 10.4. The summed E-state index contributed by atoms with van der Waals surface area (Å²) in [5.41, 5.74) is 3.98. The smallest absolute Gasteiger partial charge is 0.228 e. The Hall–Kier alpha value is -4.32. The Morgan fingerprint density at radius 3 is 2.58 bits per heavy atom. The number of allylic oxidation sites excluding steroid dienone is 2. The van der Waals surface area contributed by atoms with Crippen molar-refractivity contribution in [1.82, 2.24) is 19.6 Å². The normalized spacial score (nSPS) is 18.7. The van der Waals surface area contributed by atoms with E-state index in [-0.39, 0.29) is 17.1 Å². The van der Waals surface area contributed by atoms with E-state index in [0.29, 0.717) is 30.2 Å². The van der Waals surface area contributed by atoms with Crippen molar-refractivity contribution in [2.24, 2.45) is 5.41 Å². The van der Waals surface area contributed by atoms with Crippen molar-refractivity contribution in [3.63, 3.8) is 0 Å². The number of fused-ring (bicyclic) bond motifs is 4. The molecular formula is C30H24N4O2. The van der Waals surface area contributed by atoms with Crippen molar-refractivity contribution in [3.05, 3.63) is 102 Å². The van der Waals surface area contributed by atoms with Crippen LogP contribution in [0.5, 0.6) is 5.88 Å². The van der Waals surface area contributed by atoms with E-state index in [2.05, 4.69) is 49.2 Å². The highest BCUT2D eigenvalue weighted by Crippen LogP contribution is 2.50. The summed E-state index contributed by atoms with van der Waals surface area (Å²) < 4.78 is 8.06. The molecule has 7 rings (SSSR count). The number of nitrogens with zero attached hydrogens (tertiary/aromatic N) is 4. The van der Waals surface area contributed by atoms with Crippen LogP contribution in [0.1, 0.15) is 43.7 Å². The minimum absolute atomic E-state index is 0.122. The molecule has 176 valence electrons. The van der Waals surface area contributed by atoms with E-state index in [4.69, 9.17) is 14.8 Å². The first-order chi connectivity index (χ1) is 17.5. The zero-order chi connectivity index (χ0) is 24.4. The molecule has 2 aromatic heterocycles. The molecule has 0 saturated heterocycles. The summed E-state index contributed by atoms with van der Waals surface area (Å²) in [4.78, 5) is 23.2. The summed E-state index contributed by atoms with van der Waals surface area (Å²) in [6.45, 7) is 4.22. The highest BCUT2D eigenvalue weighted by molar-refractivity contribution is 6.00. The molecule has 1 aliphatic carbocycles. The molecule has 36 heavy (non-hydrogen) atoms. The second kappa shape index (κ2) is 7.59. The van der Waals surface area contributed by atoms with Crippen LogP contribution in [0, 0.1) is 5.41 Å². The molecular weight excluding hydrogens is 448 g/mol. The maximum absolute atomic E-state index is 13.5. The first kappa shape index (κ1) is 21.0. The van der Waals surface area contributed by atoms with Gasteiger partial charge in [0.25, 0.3) is 0 Å². The summed E-state index contributed by atoms with van der Waals surface area (Å²) in [6, 6.07) is 24.5. The van der Waals surface area contributed by atoms with Gasteiger partial charge in [0, 0.05) is 29.9 Å². The van der Waals surface area contributed by atoms with Crippen LogP contribution in [-0.4, -0.2) is 25.4 Å². The molecule has 0 saturated carbocycles. The van der Waals surface area contributed by atoms with Gasteiger partial charge in [0.05, 0.1) is 5.56 Å². The van der Waals surface area contributed by atoms with Crippen LogP contribution in [0.3, 0.4) is 0 Å². The third kappa shape index (κ3) is 3.18. The molecule has 1 atom stereocenters. The lowest BCUT2D eigenvalue weighted by atomic mass is 9.70. The summed E-state index contributed by atoms with van der Waals surface area (Å²) in [5.74, 6) is 1.65. The van der Waals surface area contributed by atoms with Crippen molar-refractivity contribution in [2.75, 3.05) is 0 Å². The van der Waals surface area contributed by atoms with Crippen molar-refractivity contribution in [2.45, 2.75) is 32.6 Å². The topological polar surface area (TPSA) is 69.4 Å². The molecule has 0 radical (unpaired) electrons. The minimum Gasteiger partial charge on any atom is -0.442 e. The molecule has 1 aliphatic heterocycles. The molecule has 6 heteroatoms. The van der Waals surface area contributed by atoms with E-state index in [9.17, 15) is 4.79 Å². The van der Waals surface area contributed by atoms with Gasteiger partial charge in [-0.2, -0.15) is 0 Å². The molecule has 0 N–H and O–H groups in total. The Bertz CT molecular complexity index is 1710. The summed E-state index contributed by atoms with van der Waals surface area (Å²) >= 11 is 0. The van der Waals surface area contributed by atoms with Crippen molar-refractivity contribution >= 4 is 22.2 Å². The van der Waals surface area contributed by atoms with E-state index in [1.54, 1.807) is 10.8 Å². The molecule has 6 nitrogen and oxygen atoms in total. The lowest BCUT2D eigenvalue weighted by molar-refractivity contribution is -0.118.